The SMILES string of the molecule is Cn1ccnc1C(=O)N1CCC2(CCCNC2=O)CC1. The molecule has 0 bridgehead atoms. The summed E-state index contributed by atoms with van der Waals surface area (Å²) in [5.41, 5.74) is -0.239. The first kappa shape index (κ1) is 13.1. The minimum absolute atomic E-state index is 0.0384. The number of rotatable bonds is 1. The lowest BCUT2D eigenvalue weighted by Gasteiger charge is -2.42. The predicted molar refractivity (Wildman–Crippen MR) is 73.0 cm³/mol. The molecule has 0 radical (unpaired) electrons. The molecule has 0 unspecified atom stereocenters. The van der Waals surface area contributed by atoms with E-state index in [9.17, 15) is 9.59 Å². The molecule has 1 spiro atoms. The van der Waals surface area contributed by atoms with Crippen molar-refractivity contribution < 1.29 is 9.59 Å². The van der Waals surface area contributed by atoms with Crippen molar-refractivity contribution in [2.45, 2.75) is 25.7 Å². The fourth-order valence-corrected chi connectivity index (χ4v) is 3.26. The van der Waals surface area contributed by atoms with E-state index < -0.39 is 0 Å². The summed E-state index contributed by atoms with van der Waals surface area (Å²) in [7, 11) is 1.82. The first-order valence-corrected chi connectivity index (χ1v) is 7.17. The van der Waals surface area contributed by atoms with Crippen LogP contribution in [0, 0.1) is 5.41 Å². The number of aromatic nitrogens is 2. The molecule has 0 atom stereocenters. The molecule has 2 amide bonds. The number of hydrogen-bond acceptors (Lipinski definition) is 3. The van der Waals surface area contributed by atoms with Gasteiger partial charge in [-0.05, 0) is 25.7 Å². The maximum absolute atomic E-state index is 12.4. The molecule has 6 nitrogen and oxygen atoms in total. The summed E-state index contributed by atoms with van der Waals surface area (Å²) in [6.07, 6.45) is 6.91. The number of aryl methyl sites for hydroxylation is 1. The summed E-state index contributed by atoms with van der Waals surface area (Å²) in [6.45, 7) is 2.06. The van der Waals surface area contributed by atoms with Gasteiger partial charge in [-0.1, -0.05) is 0 Å². The number of carbonyl (C=O) groups is 2. The Labute approximate surface area is 118 Å². The molecular weight excluding hydrogens is 256 g/mol. The molecule has 2 aliphatic heterocycles. The summed E-state index contributed by atoms with van der Waals surface area (Å²) in [5.74, 6) is 0.602. The van der Waals surface area contributed by atoms with E-state index in [1.54, 1.807) is 17.0 Å². The highest BCUT2D eigenvalue weighted by Gasteiger charge is 2.43. The molecule has 1 aromatic rings. The van der Waals surface area contributed by atoms with Crippen LogP contribution in [-0.4, -0.2) is 45.9 Å². The lowest BCUT2D eigenvalue weighted by atomic mass is 9.72. The number of nitrogens with one attached hydrogen (secondary N) is 1. The van der Waals surface area contributed by atoms with Crippen LogP contribution in [0.2, 0.25) is 0 Å². The fourth-order valence-electron chi connectivity index (χ4n) is 3.26. The molecule has 0 aliphatic carbocycles. The third-order valence-corrected chi connectivity index (χ3v) is 4.62. The highest BCUT2D eigenvalue weighted by atomic mass is 16.2. The summed E-state index contributed by atoms with van der Waals surface area (Å²) in [6, 6.07) is 0. The van der Waals surface area contributed by atoms with Gasteiger partial charge in [-0.2, -0.15) is 0 Å². The monoisotopic (exact) mass is 276 g/mol. The zero-order valence-electron chi connectivity index (χ0n) is 11.8. The number of carbonyl (C=O) groups excluding carboxylic acids is 2. The number of amides is 2. The molecule has 0 aromatic carbocycles. The molecule has 1 aromatic heterocycles. The van der Waals surface area contributed by atoms with E-state index in [1.807, 2.05) is 11.9 Å². The van der Waals surface area contributed by atoms with Crippen LogP contribution in [0.25, 0.3) is 0 Å². The summed E-state index contributed by atoms with van der Waals surface area (Å²) < 4.78 is 1.74. The number of hydrogen-bond donors (Lipinski definition) is 1. The molecular formula is C14H20N4O2. The van der Waals surface area contributed by atoms with E-state index in [4.69, 9.17) is 0 Å². The number of likely N-dealkylation sites (tertiary alicyclic amines) is 1. The molecule has 2 saturated heterocycles. The molecule has 1 N–H and O–H groups in total. The minimum atomic E-state index is -0.239. The van der Waals surface area contributed by atoms with Gasteiger partial charge >= 0.3 is 0 Å². The van der Waals surface area contributed by atoms with E-state index in [0.29, 0.717) is 18.9 Å². The maximum Gasteiger partial charge on any atom is 0.289 e. The quantitative estimate of drug-likeness (QED) is 0.814. The molecule has 3 heterocycles. The molecule has 6 heteroatoms. The number of imidazole rings is 1. The lowest BCUT2D eigenvalue weighted by Crippen LogP contribution is -2.53. The van der Waals surface area contributed by atoms with Gasteiger partial charge in [-0.3, -0.25) is 9.59 Å². The Balaban J connectivity index is 1.68. The van der Waals surface area contributed by atoms with Gasteiger partial charge in [-0.25, -0.2) is 4.98 Å². The van der Waals surface area contributed by atoms with Gasteiger partial charge < -0.3 is 14.8 Å². The first-order chi connectivity index (χ1) is 9.62. The second kappa shape index (κ2) is 4.92. The Bertz CT molecular complexity index is 529. The van der Waals surface area contributed by atoms with Crippen LogP contribution in [0.15, 0.2) is 12.4 Å². The van der Waals surface area contributed by atoms with Crippen LogP contribution in [0.5, 0.6) is 0 Å². The Morgan fingerprint density at radius 3 is 2.70 bits per heavy atom. The lowest BCUT2D eigenvalue weighted by molar-refractivity contribution is -0.136. The van der Waals surface area contributed by atoms with Crippen LogP contribution in [0.1, 0.15) is 36.3 Å². The Morgan fingerprint density at radius 1 is 1.35 bits per heavy atom. The second-order valence-electron chi connectivity index (χ2n) is 5.79. The van der Waals surface area contributed by atoms with E-state index in [-0.39, 0.29) is 17.2 Å². The van der Waals surface area contributed by atoms with Gasteiger partial charge in [-0.15, -0.1) is 0 Å². The molecule has 2 fully saturated rings. The third-order valence-electron chi connectivity index (χ3n) is 4.62. The van der Waals surface area contributed by atoms with E-state index in [0.717, 1.165) is 32.2 Å². The van der Waals surface area contributed by atoms with Crippen LogP contribution in [-0.2, 0) is 11.8 Å². The topological polar surface area (TPSA) is 67.2 Å². The second-order valence-corrected chi connectivity index (χ2v) is 5.79. The normalized spacial score (nSPS) is 21.9. The standard InChI is InChI=1S/C14H20N4O2/c1-17-10-7-15-11(17)12(19)18-8-4-14(5-9-18)3-2-6-16-13(14)20/h7,10H,2-6,8-9H2,1H3,(H,16,20). The first-order valence-electron chi connectivity index (χ1n) is 7.17. The molecule has 20 heavy (non-hydrogen) atoms. The average Bonchev–Trinajstić information content (AvgIpc) is 2.89. The van der Waals surface area contributed by atoms with Crippen molar-refractivity contribution in [2.24, 2.45) is 12.5 Å². The van der Waals surface area contributed by atoms with Crippen LogP contribution >= 0.6 is 0 Å². The summed E-state index contributed by atoms with van der Waals surface area (Å²) in [5, 5.41) is 2.96. The molecule has 3 rings (SSSR count). The predicted octanol–water partition coefficient (Wildman–Crippen LogP) is 0.552. The van der Waals surface area contributed by atoms with Gasteiger partial charge in [0, 0.05) is 39.1 Å². The average molecular weight is 276 g/mol. The van der Waals surface area contributed by atoms with Crippen molar-refractivity contribution in [2.75, 3.05) is 19.6 Å². The summed E-state index contributed by atoms with van der Waals surface area (Å²) >= 11 is 0. The zero-order chi connectivity index (χ0) is 14.2. The largest absolute Gasteiger partial charge is 0.356 e. The molecule has 108 valence electrons. The highest BCUT2D eigenvalue weighted by Crippen LogP contribution is 2.38. The maximum atomic E-state index is 12.4. The van der Waals surface area contributed by atoms with Gasteiger partial charge in [0.2, 0.25) is 5.91 Å². The van der Waals surface area contributed by atoms with Crippen molar-refractivity contribution in [3.63, 3.8) is 0 Å². The van der Waals surface area contributed by atoms with Crippen molar-refractivity contribution in [1.82, 2.24) is 19.8 Å². The van der Waals surface area contributed by atoms with E-state index in [1.165, 1.54) is 0 Å². The number of piperidine rings is 2. The zero-order valence-corrected chi connectivity index (χ0v) is 11.8. The minimum Gasteiger partial charge on any atom is -0.356 e. The third kappa shape index (κ3) is 2.09. The van der Waals surface area contributed by atoms with Crippen LogP contribution in [0.3, 0.4) is 0 Å². The smallest absolute Gasteiger partial charge is 0.289 e. The van der Waals surface area contributed by atoms with Crippen molar-refractivity contribution in [3.8, 4) is 0 Å². The molecule has 2 aliphatic rings. The van der Waals surface area contributed by atoms with Gasteiger partial charge in [0.25, 0.3) is 5.91 Å². The van der Waals surface area contributed by atoms with Crippen molar-refractivity contribution in [1.29, 1.82) is 0 Å². The van der Waals surface area contributed by atoms with Crippen LogP contribution < -0.4 is 5.32 Å². The van der Waals surface area contributed by atoms with Gasteiger partial charge in [0.05, 0.1) is 5.41 Å². The van der Waals surface area contributed by atoms with Crippen molar-refractivity contribution >= 4 is 11.8 Å². The highest BCUT2D eigenvalue weighted by molar-refractivity contribution is 5.91. The number of nitrogens with zero attached hydrogens (tertiary/aromatic N) is 3. The summed E-state index contributed by atoms with van der Waals surface area (Å²) in [4.78, 5) is 30.4. The fraction of sp³-hybridized carbons (Fsp3) is 0.643. The Kier molecular flexibility index (Phi) is 3.23. The van der Waals surface area contributed by atoms with E-state index >= 15 is 0 Å². The van der Waals surface area contributed by atoms with Gasteiger partial charge in [0.1, 0.15) is 0 Å². The van der Waals surface area contributed by atoms with Gasteiger partial charge in [0.15, 0.2) is 5.82 Å². The Hall–Kier alpha value is -1.85. The van der Waals surface area contributed by atoms with E-state index in [2.05, 4.69) is 10.3 Å². The van der Waals surface area contributed by atoms with Crippen LogP contribution in [0.4, 0.5) is 0 Å². The Morgan fingerprint density at radius 2 is 2.10 bits per heavy atom. The molecule has 0 saturated carbocycles. The van der Waals surface area contributed by atoms with Crippen molar-refractivity contribution in [3.05, 3.63) is 18.2 Å².